The molecule has 0 bridgehead atoms. The standard InChI is InChI=1S/C18H20N6/c1-2-5-15(6-3-1)11-23-10-8-16(12-23)22-17-7-4-9-20-18(17)24-14-19-13-21-24/h1-7,9,13-14,16,22H,8,10-12H2. The maximum absolute atomic E-state index is 4.43. The van der Waals surface area contributed by atoms with Gasteiger partial charge < -0.3 is 5.32 Å². The van der Waals surface area contributed by atoms with Gasteiger partial charge in [-0.2, -0.15) is 5.10 Å². The molecule has 1 fully saturated rings. The van der Waals surface area contributed by atoms with Crippen molar-refractivity contribution in [3.05, 3.63) is 66.9 Å². The van der Waals surface area contributed by atoms with Crippen LogP contribution in [0.2, 0.25) is 0 Å². The molecule has 1 atom stereocenters. The van der Waals surface area contributed by atoms with Crippen LogP contribution >= 0.6 is 0 Å². The fourth-order valence-electron chi connectivity index (χ4n) is 3.17. The van der Waals surface area contributed by atoms with E-state index in [4.69, 9.17) is 0 Å². The largest absolute Gasteiger partial charge is 0.378 e. The van der Waals surface area contributed by atoms with E-state index in [1.54, 1.807) is 17.2 Å². The second-order valence-electron chi connectivity index (χ2n) is 6.07. The van der Waals surface area contributed by atoms with Crippen molar-refractivity contribution in [2.45, 2.75) is 19.0 Å². The van der Waals surface area contributed by atoms with Crippen molar-refractivity contribution >= 4 is 5.69 Å². The van der Waals surface area contributed by atoms with Crippen LogP contribution in [-0.4, -0.2) is 43.8 Å². The molecule has 1 aromatic carbocycles. The van der Waals surface area contributed by atoms with Crippen LogP contribution < -0.4 is 5.32 Å². The minimum absolute atomic E-state index is 0.417. The first-order valence-corrected chi connectivity index (χ1v) is 8.21. The number of benzene rings is 1. The predicted octanol–water partition coefficient (Wildman–Crippen LogP) is 2.35. The smallest absolute Gasteiger partial charge is 0.178 e. The van der Waals surface area contributed by atoms with Gasteiger partial charge in [-0.3, -0.25) is 4.90 Å². The van der Waals surface area contributed by atoms with Crippen LogP contribution in [0.1, 0.15) is 12.0 Å². The minimum atomic E-state index is 0.417. The normalized spacial score (nSPS) is 17.9. The third-order valence-corrected chi connectivity index (χ3v) is 4.30. The average molecular weight is 320 g/mol. The van der Waals surface area contributed by atoms with Gasteiger partial charge in [-0.15, -0.1) is 0 Å². The Hall–Kier alpha value is -2.73. The van der Waals surface area contributed by atoms with Gasteiger partial charge in [-0.1, -0.05) is 30.3 Å². The average Bonchev–Trinajstić information content (AvgIpc) is 3.29. The molecule has 1 aliphatic heterocycles. The van der Waals surface area contributed by atoms with Crippen molar-refractivity contribution in [1.82, 2.24) is 24.6 Å². The molecule has 0 aliphatic carbocycles. The summed E-state index contributed by atoms with van der Waals surface area (Å²) in [5.74, 6) is 0.788. The predicted molar refractivity (Wildman–Crippen MR) is 92.9 cm³/mol. The lowest BCUT2D eigenvalue weighted by Crippen LogP contribution is -2.26. The number of aromatic nitrogens is 4. The number of rotatable bonds is 5. The third kappa shape index (κ3) is 3.28. The van der Waals surface area contributed by atoms with E-state index in [-0.39, 0.29) is 0 Å². The molecule has 3 heterocycles. The Kier molecular flexibility index (Phi) is 4.20. The number of likely N-dealkylation sites (tertiary alicyclic amines) is 1. The summed E-state index contributed by atoms with van der Waals surface area (Å²) in [7, 11) is 0. The first-order valence-electron chi connectivity index (χ1n) is 8.21. The Morgan fingerprint density at radius 1 is 1.12 bits per heavy atom. The van der Waals surface area contributed by atoms with Crippen LogP contribution in [0.5, 0.6) is 0 Å². The summed E-state index contributed by atoms with van der Waals surface area (Å²) in [6.45, 7) is 3.13. The van der Waals surface area contributed by atoms with Gasteiger partial charge in [-0.25, -0.2) is 14.6 Å². The number of hydrogen-bond acceptors (Lipinski definition) is 5. The van der Waals surface area contributed by atoms with Crippen molar-refractivity contribution in [1.29, 1.82) is 0 Å². The Morgan fingerprint density at radius 2 is 2.04 bits per heavy atom. The molecule has 1 unspecified atom stereocenters. The second kappa shape index (κ2) is 6.80. The van der Waals surface area contributed by atoms with Gasteiger partial charge in [-0.05, 0) is 24.1 Å². The SMILES string of the molecule is c1ccc(CN2CCC(Nc3cccnc3-n3cncn3)C2)cc1. The van der Waals surface area contributed by atoms with E-state index in [0.29, 0.717) is 6.04 Å². The molecular weight excluding hydrogens is 300 g/mol. The molecular formula is C18H20N6. The molecule has 6 nitrogen and oxygen atoms in total. The molecule has 0 spiro atoms. The summed E-state index contributed by atoms with van der Waals surface area (Å²) in [6.07, 6.45) is 6.09. The monoisotopic (exact) mass is 320 g/mol. The number of nitrogens with one attached hydrogen (secondary N) is 1. The van der Waals surface area contributed by atoms with Gasteiger partial charge in [0.05, 0.1) is 5.69 Å². The highest BCUT2D eigenvalue weighted by molar-refractivity contribution is 5.56. The topological polar surface area (TPSA) is 58.9 Å². The van der Waals surface area contributed by atoms with E-state index in [9.17, 15) is 0 Å². The second-order valence-corrected chi connectivity index (χ2v) is 6.07. The lowest BCUT2D eigenvalue weighted by atomic mass is 10.2. The number of hydrogen-bond donors (Lipinski definition) is 1. The highest BCUT2D eigenvalue weighted by Gasteiger charge is 2.23. The Bertz CT molecular complexity index is 771. The van der Waals surface area contributed by atoms with Crippen molar-refractivity contribution in [2.75, 3.05) is 18.4 Å². The van der Waals surface area contributed by atoms with Gasteiger partial charge in [0.15, 0.2) is 5.82 Å². The minimum Gasteiger partial charge on any atom is -0.378 e. The fraction of sp³-hybridized carbons (Fsp3) is 0.278. The summed E-state index contributed by atoms with van der Waals surface area (Å²) in [4.78, 5) is 10.9. The van der Waals surface area contributed by atoms with Gasteiger partial charge in [0.1, 0.15) is 12.7 Å². The van der Waals surface area contributed by atoms with Crippen molar-refractivity contribution in [2.24, 2.45) is 0 Å². The van der Waals surface area contributed by atoms with Crippen LogP contribution in [0.15, 0.2) is 61.3 Å². The summed E-state index contributed by atoms with van der Waals surface area (Å²) < 4.78 is 1.69. The Balaban J connectivity index is 1.42. The third-order valence-electron chi connectivity index (χ3n) is 4.30. The Labute approximate surface area is 141 Å². The molecule has 1 saturated heterocycles. The molecule has 24 heavy (non-hydrogen) atoms. The maximum Gasteiger partial charge on any atom is 0.178 e. The summed E-state index contributed by atoms with van der Waals surface area (Å²) >= 11 is 0. The molecule has 2 aromatic heterocycles. The van der Waals surface area contributed by atoms with Crippen LogP contribution in [0.4, 0.5) is 5.69 Å². The van der Waals surface area contributed by atoms with Gasteiger partial charge in [0.25, 0.3) is 0 Å². The lowest BCUT2D eigenvalue weighted by Gasteiger charge is -2.18. The van der Waals surface area contributed by atoms with E-state index >= 15 is 0 Å². The van der Waals surface area contributed by atoms with E-state index in [1.807, 2.05) is 12.1 Å². The number of anilines is 1. The van der Waals surface area contributed by atoms with Crippen LogP contribution in [0.25, 0.3) is 5.82 Å². The molecule has 3 aromatic rings. The maximum atomic E-state index is 4.43. The van der Waals surface area contributed by atoms with Gasteiger partial charge in [0, 0.05) is 31.9 Å². The fourth-order valence-corrected chi connectivity index (χ4v) is 3.17. The molecule has 6 heteroatoms. The molecule has 1 N–H and O–H groups in total. The van der Waals surface area contributed by atoms with E-state index in [2.05, 4.69) is 55.6 Å². The molecule has 122 valence electrons. The van der Waals surface area contributed by atoms with Crippen molar-refractivity contribution in [3.8, 4) is 5.82 Å². The number of nitrogens with zero attached hydrogens (tertiary/aromatic N) is 5. The van der Waals surface area contributed by atoms with Gasteiger partial charge >= 0.3 is 0 Å². The van der Waals surface area contributed by atoms with E-state index in [1.165, 1.54) is 11.9 Å². The first kappa shape index (κ1) is 14.8. The molecule has 0 amide bonds. The molecule has 1 aliphatic rings. The highest BCUT2D eigenvalue weighted by Crippen LogP contribution is 2.21. The zero-order valence-electron chi connectivity index (χ0n) is 13.4. The van der Waals surface area contributed by atoms with Crippen LogP contribution in [-0.2, 0) is 6.54 Å². The zero-order chi connectivity index (χ0) is 16.2. The molecule has 0 saturated carbocycles. The summed E-state index contributed by atoms with van der Waals surface area (Å²) in [6, 6.07) is 15.0. The van der Waals surface area contributed by atoms with E-state index < -0.39 is 0 Å². The van der Waals surface area contributed by atoms with Crippen molar-refractivity contribution in [3.63, 3.8) is 0 Å². The Morgan fingerprint density at radius 3 is 2.88 bits per heavy atom. The summed E-state index contributed by atoms with van der Waals surface area (Å²) in [5, 5.41) is 7.81. The quantitative estimate of drug-likeness (QED) is 0.782. The van der Waals surface area contributed by atoms with Crippen molar-refractivity contribution < 1.29 is 0 Å². The highest BCUT2D eigenvalue weighted by atomic mass is 15.3. The van der Waals surface area contributed by atoms with Crippen LogP contribution in [0, 0.1) is 0 Å². The molecule has 4 rings (SSSR count). The first-order chi connectivity index (χ1) is 11.9. The number of pyridine rings is 1. The summed E-state index contributed by atoms with van der Waals surface area (Å²) in [5.41, 5.74) is 2.36. The van der Waals surface area contributed by atoms with Crippen LogP contribution in [0.3, 0.4) is 0 Å². The van der Waals surface area contributed by atoms with Gasteiger partial charge in [0.2, 0.25) is 0 Å². The lowest BCUT2D eigenvalue weighted by molar-refractivity contribution is 0.328. The zero-order valence-corrected chi connectivity index (χ0v) is 13.4. The molecule has 0 radical (unpaired) electrons. The van der Waals surface area contributed by atoms with E-state index in [0.717, 1.165) is 37.6 Å².